The van der Waals surface area contributed by atoms with Crippen molar-refractivity contribution in [2.45, 2.75) is 57.9 Å². The van der Waals surface area contributed by atoms with Crippen molar-refractivity contribution in [3.05, 3.63) is 0 Å². The van der Waals surface area contributed by atoms with Crippen LogP contribution in [0.2, 0.25) is 0 Å². The van der Waals surface area contributed by atoms with Crippen molar-refractivity contribution in [1.29, 1.82) is 0 Å². The van der Waals surface area contributed by atoms with E-state index in [-0.39, 0.29) is 0 Å². The highest BCUT2D eigenvalue weighted by Crippen LogP contribution is 2.29. The van der Waals surface area contributed by atoms with Gasteiger partial charge in [-0.15, -0.1) is 0 Å². The smallest absolute Gasteiger partial charge is 0.0465 e. The average molecular weight is 228 g/mol. The number of ether oxygens (including phenoxy) is 1. The Kier molecular flexibility index (Phi) is 7.01. The van der Waals surface area contributed by atoms with Gasteiger partial charge in [0.2, 0.25) is 0 Å². The topological polar surface area (TPSA) is 47.3 Å². The maximum absolute atomic E-state index is 5.64. The Labute approximate surface area is 100 Å². The summed E-state index contributed by atoms with van der Waals surface area (Å²) < 4.78 is 5.12. The summed E-state index contributed by atoms with van der Waals surface area (Å²) in [5.74, 6) is 7.21. The first-order valence-electron chi connectivity index (χ1n) is 6.73. The molecule has 3 N–H and O–H groups in total. The third kappa shape index (κ3) is 4.81. The lowest BCUT2D eigenvalue weighted by atomic mass is 9.91. The quantitative estimate of drug-likeness (QED) is 0.495. The van der Waals surface area contributed by atoms with Gasteiger partial charge in [0, 0.05) is 19.8 Å². The van der Waals surface area contributed by atoms with Crippen molar-refractivity contribution >= 4 is 0 Å². The summed E-state index contributed by atoms with van der Waals surface area (Å²) in [5.41, 5.74) is 2.98. The van der Waals surface area contributed by atoms with Gasteiger partial charge in [-0.2, -0.15) is 0 Å². The van der Waals surface area contributed by atoms with Crippen molar-refractivity contribution in [2.75, 3.05) is 13.7 Å². The van der Waals surface area contributed by atoms with Crippen LogP contribution >= 0.6 is 0 Å². The molecule has 96 valence electrons. The first-order valence-corrected chi connectivity index (χ1v) is 6.73. The van der Waals surface area contributed by atoms with Crippen LogP contribution < -0.4 is 11.3 Å². The van der Waals surface area contributed by atoms with Gasteiger partial charge in [0.05, 0.1) is 0 Å². The summed E-state index contributed by atoms with van der Waals surface area (Å²) >= 11 is 0. The number of hydrazine groups is 1. The van der Waals surface area contributed by atoms with Gasteiger partial charge in [-0.1, -0.05) is 32.6 Å². The molecule has 2 unspecified atom stereocenters. The van der Waals surface area contributed by atoms with Crippen LogP contribution in [-0.2, 0) is 4.74 Å². The molecule has 1 rings (SSSR count). The summed E-state index contributed by atoms with van der Waals surface area (Å²) in [4.78, 5) is 0. The van der Waals surface area contributed by atoms with E-state index in [0.29, 0.717) is 12.0 Å². The highest BCUT2D eigenvalue weighted by atomic mass is 16.5. The predicted molar refractivity (Wildman–Crippen MR) is 68.0 cm³/mol. The number of rotatable bonds is 8. The zero-order chi connectivity index (χ0) is 11.8. The number of nitrogens with two attached hydrogens (primary N) is 1. The third-order valence-electron chi connectivity index (χ3n) is 4.04. The highest BCUT2D eigenvalue weighted by molar-refractivity contribution is 4.75. The van der Waals surface area contributed by atoms with Crippen LogP contribution in [0, 0.1) is 11.8 Å². The molecule has 1 fully saturated rings. The van der Waals surface area contributed by atoms with E-state index in [1.54, 1.807) is 7.11 Å². The zero-order valence-corrected chi connectivity index (χ0v) is 10.9. The Bertz CT molecular complexity index is 169. The van der Waals surface area contributed by atoms with E-state index in [1.165, 1.54) is 38.5 Å². The van der Waals surface area contributed by atoms with Crippen molar-refractivity contribution < 1.29 is 4.74 Å². The lowest BCUT2D eigenvalue weighted by Crippen LogP contribution is -2.40. The van der Waals surface area contributed by atoms with Gasteiger partial charge >= 0.3 is 0 Å². The molecule has 0 aliphatic heterocycles. The summed E-state index contributed by atoms with van der Waals surface area (Å²) in [6.45, 7) is 3.10. The van der Waals surface area contributed by atoms with Crippen LogP contribution in [-0.4, -0.2) is 19.8 Å². The van der Waals surface area contributed by atoms with E-state index < -0.39 is 0 Å². The average Bonchev–Trinajstić information content (AvgIpc) is 2.80. The SMILES string of the molecule is COCCC(C)C(CCC1CCCC1)NN. The minimum atomic E-state index is 0.454. The van der Waals surface area contributed by atoms with Crippen molar-refractivity contribution in [2.24, 2.45) is 17.7 Å². The van der Waals surface area contributed by atoms with Gasteiger partial charge in [0.15, 0.2) is 0 Å². The van der Waals surface area contributed by atoms with Crippen molar-refractivity contribution in [3.8, 4) is 0 Å². The van der Waals surface area contributed by atoms with Gasteiger partial charge in [0.1, 0.15) is 0 Å². The zero-order valence-electron chi connectivity index (χ0n) is 10.9. The minimum absolute atomic E-state index is 0.454. The molecule has 1 saturated carbocycles. The molecule has 1 aliphatic carbocycles. The van der Waals surface area contributed by atoms with E-state index >= 15 is 0 Å². The number of methoxy groups -OCH3 is 1. The lowest BCUT2D eigenvalue weighted by Gasteiger charge is -2.24. The molecule has 16 heavy (non-hydrogen) atoms. The fourth-order valence-electron chi connectivity index (χ4n) is 2.75. The van der Waals surface area contributed by atoms with Crippen molar-refractivity contribution in [1.82, 2.24) is 5.43 Å². The fourth-order valence-corrected chi connectivity index (χ4v) is 2.75. The van der Waals surface area contributed by atoms with Crippen LogP contribution in [0.1, 0.15) is 51.9 Å². The Morgan fingerprint density at radius 2 is 2.00 bits per heavy atom. The molecule has 3 nitrogen and oxygen atoms in total. The predicted octanol–water partition coefficient (Wildman–Crippen LogP) is 2.46. The minimum Gasteiger partial charge on any atom is -0.385 e. The number of nitrogens with one attached hydrogen (secondary N) is 1. The molecule has 1 aliphatic rings. The summed E-state index contributed by atoms with van der Waals surface area (Å²) in [7, 11) is 1.76. The Morgan fingerprint density at radius 1 is 1.31 bits per heavy atom. The van der Waals surface area contributed by atoms with Crippen LogP contribution in [0.5, 0.6) is 0 Å². The van der Waals surface area contributed by atoms with Crippen LogP contribution in [0.15, 0.2) is 0 Å². The highest BCUT2D eigenvalue weighted by Gasteiger charge is 2.20. The van der Waals surface area contributed by atoms with Gasteiger partial charge in [0.25, 0.3) is 0 Å². The lowest BCUT2D eigenvalue weighted by molar-refractivity contribution is 0.167. The van der Waals surface area contributed by atoms with Crippen LogP contribution in [0.25, 0.3) is 0 Å². The molecular weight excluding hydrogens is 200 g/mol. The van der Waals surface area contributed by atoms with Crippen LogP contribution in [0.4, 0.5) is 0 Å². The molecule has 0 heterocycles. The molecule has 0 radical (unpaired) electrons. The maximum Gasteiger partial charge on any atom is 0.0465 e. The second-order valence-electron chi connectivity index (χ2n) is 5.26. The second kappa shape index (κ2) is 8.04. The molecule has 3 heteroatoms. The molecule has 0 amide bonds. The monoisotopic (exact) mass is 228 g/mol. The number of hydrogen-bond donors (Lipinski definition) is 2. The first-order chi connectivity index (χ1) is 7.77. The molecule has 0 bridgehead atoms. The van der Waals surface area contributed by atoms with Gasteiger partial charge in [-0.25, -0.2) is 0 Å². The van der Waals surface area contributed by atoms with E-state index in [9.17, 15) is 0 Å². The Hall–Kier alpha value is -0.120. The summed E-state index contributed by atoms with van der Waals surface area (Å²) in [6.07, 6.45) is 9.39. The third-order valence-corrected chi connectivity index (χ3v) is 4.04. The second-order valence-corrected chi connectivity index (χ2v) is 5.26. The summed E-state index contributed by atoms with van der Waals surface area (Å²) in [5, 5.41) is 0. The Morgan fingerprint density at radius 3 is 2.56 bits per heavy atom. The molecular formula is C13H28N2O. The van der Waals surface area contributed by atoms with Gasteiger partial charge in [-0.3, -0.25) is 11.3 Å². The molecule has 2 atom stereocenters. The molecule has 0 aromatic heterocycles. The number of hydrogen-bond acceptors (Lipinski definition) is 3. The van der Waals surface area contributed by atoms with Gasteiger partial charge in [-0.05, 0) is 31.1 Å². The summed E-state index contributed by atoms with van der Waals surface area (Å²) in [6, 6.07) is 0.454. The van der Waals surface area contributed by atoms with Crippen molar-refractivity contribution in [3.63, 3.8) is 0 Å². The van der Waals surface area contributed by atoms with Crippen LogP contribution in [0.3, 0.4) is 0 Å². The standard InChI is InChI=1S/C13H28N2O/c1-11(9-10-16-2)13(15-14)8-7-12-5-3-4-6-12/h11-13,15H,3-10,14H2,1-2H3. The van der Waals surface area contributed by atoms with E-state index in [0.717, 1.165) is 18.9 Å². The van der Waals surface area contributed by atoms with E-state index in [1.807, 2.05) is 0 Å². The Balaban J connectivity index is 2.18. The largest absolute Gasteiger partial charge is 0.385 e. The molecule has 0 aromatic rings. The molecule has 0 aromatic carbocycles. The van der Waals surface area contributed by atoms with E-state index in [4.69, 9.17) is 10.6 Å². The van der Waals surface area contributed by atoms with E-state index in [2.05, 4.69) is 12.3 Å². The van der Waals surface area contributed by atoms with Gasteiger partial charge < -0.3 is 4.74 Å². The normalized spacial score (nSPS) is 21.2. The molecule has 0 saturated heterocycles. The maximum atomic E-state index is 5.64. The molecule has 0 spiro atoms. The fraction of sp³-hybridized carbons (Fsp3) is 1.00. The first kappa shape index (κ1) is 13.9.